The molecule has 0 amide bonds. The fourth-order valence-electron chi connectivity index (χ4n) is 0.663. The first-order valence-corrected chi connectivity index (χ1v) is 3.97. The fourth-order valence-corrected chi connectivity index (χ4v) is 0.839. The monoisotopic (exact) mass is 234 g/mol. The smallest absolute Gasteiger partial charge is 0.389 e. The number of hydrogen-bond donors (Lipinski definition) is 4. The highest BCUT2D eigenvalue weighted by Crippen LogP contribution is 2.28. The van der Waals surface area contributed by atoms with Gasteiger partial charge >= 0.3 is 6.18 Å². The molecule has 8 heteroatoms. The highest BCUT2D eigenvalue weighted by molar-refractivity contribution is 7.81. The molecule has 0 fully saturated rings. The minimum Gasteiger partial charge on any atom is -0.389 e. The van der Waals surface area contributed by atoms with E-state index in [9.17, 15) is 18.0 Å². The van der Waals surface area contributed by atoms with Gasteiger partial charge in [0.1, 0.15) is 23.6 Å². The number of aldehydes is 1. The Morgan fingerprint density at radius 2 is 1.57 bits per heavy atom. The Hall–Kier alpha value is -0.310. The zero-order valence-electron chi connectivity index (χ0n) is 6.72. The van der Waals surface area contributed by atoms with Crippen LogP contribution in [0.15, 0.2) is 0 Å². The van der Waals surface area contributed by atoms with Crippen LogP contribution in [0.2, 0.25) is 0 Å². The standard InChI is InChI=1S/C6H9F3O4S/c7-6(8,9)5(14)4(13)3(12)2(11)1-10/h1-5,11-14H. The van der Waals surface area contributed by atoms with E-state index in [4.69, 9.17) is 15.3 Å². The van der Waals surface area contributed by atoms with Crippen molar-refractivity contribution in [3.8, 4) is 0 Å². The molecule has 3 N–H and O–H groups in total. The van der Waals surface area contributed by atoms with Crippen molar-refractivity contribution in [1.29, 1.82) is 0 Å². The molecule has 4 unspecified atom stereocenters. The van der Waals surface area contributed by atoms with Gasteiger partial charge in [-0.05, 0) is 0 Å². The van der Waals surface area contributed by atoms with Crippen molar-refractivity contribution in [3.05, 3.63) is 0 Å². The Kier molecular flexibility index (Phi) is 4.85. The van der Waals surface area contributed by atoms with Gasteiger partial charge in [0, 0.05) is 0 Å². The molecule has 0 bridgehead atoms. The van der Waals surface area contributed by atoms with Gasteiger partial charge in [0.25, 0.3) is 0 Å². The molecule has 0 aliphatic heterocycles. The van der Waals surface area contributed by atoms with E-state index in [1.807, 2.05) is 0 Å². The molecule has 0 radical (unpaired) electrons. The number of carbonyl (C=O) groups excluding carboxylic acids is 1. The number of aliphatic hydroxyl groups excluding tert-OH is 3. The molecule has 0 rings (SSSR count). The highest BCUT2D eigenvalue weighted by atomic mass is 32.1. The fraction of sp³-hybridized carbons (Fsp3) is 0.833. The van der Waals surface area contributed by atoms with Gasteiger partial charge < -0.3 is 20.1 Å². The largest absolute Gasteiger partial charge is 0.402 e. The van der Waals surface area contributed by atoms with Gasteiger partial charge in [-0.2, -0.15) is 25.8 Å². The van der Waals surface area contributed by atoms with Crippen LogP contribution < -0.4 is 0 Å². The highest BCUT2D eigenvalue weighted by Gasteiger charge is 2.45. The maximum atomic E-state index is 11.9. The number of rotatable bonds is 4. The summed E-state index contributed by atoms with van der Waals surface area (Å²) in [6.07, 6.45) is -11.6. The molecule has 0 saturated heterocycles. The molecule has 0 heterocycles. The van der Waals surface area contributed by atoms with Crippen LogP contribution in [-0.4, -0.2) is 51.3 Å². The number of thiol groups is 1. The average Bonchev–Trinajstić information content (AvgIpc) is 2.11. The lowest BCUT2D eigenvalue weighted by Crippen LogP contribution is -2.48. The Morgan fingerprint density at radius 3 is 1.86 bits per heavy atom. The third kappa shape index (κ3) is 3.45. The Morgan fingerprint density at radius 1 is 1.14 bits per heavy atom. The van der Waals surface area contributed by atoms with E-state index in [1.54, 1.807) is 0 Å². The topological polar surface area (TPSA) is 77.8 Å². The summed E-state index contributed by atoms with van der Waals surface area (Å²) in [5.41, 5.74) is 0. The first-order chi connectivity index (χ1) is 6.21. The molecule has 84 valence electrons. The molecule has 0 saturated carbocycles. The van der Waals surface area contributed by atoms with E-state index in [1.165, 1.54) is 0 Å². The quantitative estimate of drug-likeness (QED) is 0.376. The lowest BCUT2D eigenvalue weighted by atomic mass is 10.1. The number of halogens is 3. The normalized spacial score (nSPS) is 21.1. The predicted molar refractivity (Wildman–Crippen MR) is 42.9 cm³/mol. The first-order valence-electron chi connectivity index (χ1n) is 3.46. The summed E-state index contributed by atoms with van der Waals surface area (Å²) in [7, 11) is 0. The van der Waals surface area contributed by atoms with Crippen LogP contribution in [0, 0.1) is 0 Å². The molecule has 0 spiro atoms. The van der Waals surface area contributed by atoms with E-state index in [2.05, 4.69) is 12.6 Å². The molecule has 4 atom stereocenters. The van der Waals surface area contributed by atoms with E-state index >= 15 is 0 Å². The van der Waals surface area contributed by atoms with Crippen LogP contribution >= 0.6 is 12.6 Å². The molecular weight excluding hydrogens is 225 g/mol. The number of carbonyl (C=O) groups is 1. The van der Waals surface area contributed by atoms with Crippen LogP contribution in [0.3, 0.4) is 0 Å². The molecule has 0 aromatic carbocycles. The Balaban J connectivity index is 4.46. The second-order valence-electron chi connectivity index (χ2n) is 2.59. The van der Waals surface area contributed by atoms with Gasteiger partial charge in [-0.1, -0.05) is 0 Å². The van der Waals surface area contributed by atoms with Crippen molar-refractivity contribution in [3.63, 3.8) is 0 Å². The summed E-state index contributed by atoms with van der Waals surface area (Å²) in [5.74, 6) is 0. The zero-order chi connectivity index (χ0) is 11.5. The maximum absolute atomic E-state index is 11.9. The molecule has 0 aromatic heterocycles. The summed E-state index contributed by atoms with van der Waals surface area (Å²) >= 11 is 3.02. The molecule has 14 heavy (non-hydrogen) atoms. The van der Waals surface area contributed by atoms with Crippen LogP contribution in [0.5, 0.6) is 0 Å². The van der Waals surface area contributed by atoms with Crippen LogP contribution in [0.1, 0.15) is 0 Å². The van der Waals surface area contributed by atoms with Crippen molar-refractivity contribution in [1.82, 2.24) is 0 Å². The SMILES string of the molecule is O=CC(O)C(O)C(O)C(S)C(F)(F)F. The number of alkyl halides is 3. The van der Waals surface area contributed by atoms with Crippen molar-refractivity contribution in [2.75, 3.05) is 0 Å². The van der Waals surface area contributed by atoms with Crippen LogP contribution in [0.25, 0.3) is 0 Å². The first kappa shape index (κ1) is 13.7. The van der Waals surface area contributed by atoms with Gasteiger partial charge in [0.15, 0.2) is 6.29 Å². The minimum atomic E-state index is -4.83. The third-order valence-electron chi connectivity index (χ3n) is 1.50. The van der Waals surface area contributed by atoms with Crippen molar-refractivity contribution >= 4 is 18.9 Å². The Labute approximate surface area is 82.8 Å². The maximum Gasteiger partial charge on any atom is 0.402 e. The minimum absolute atomic E-state index is 0.176. The second-order valence-corrected chi connectivity index (χ2v) is 3.15. The second kappa shape index (κ2) is 4.96. The van der Waals surface area contributed by atoms with Crippen molar-refractivity contribution in [2.24, 2.45) is 0 Å². The van der Waals surface area contributed by atoms with E-state index < -0.39 is 29.7 Å². The summed E-state index contributed by atoms with van der Waals surface area (Å²) in [6.45, 7) is 0. The molecular formula is C6H9F3O4S. The molecule has 0 aliphatic rings. The summed E-state index contributed by atoms with van der Waals surface area (Å²) in [5, 5.41) is 23.8. The summed E-state index contributed by atoms with van der Waals surface area (Å²) in [4.78, 5) is 9.90. The molecule has 0 aromatic rings. The van der Waals surface area contributed by atoms with Gasteiger partial charge in [-0.3, -0.25) is 0 Å². The van der Waals surface area contributed by atoms with Crippen LogP contribution in [-0.2, 0) is 4.79 Å². The zero-order valence-corrected chi connectivity index (χ0v) is 7.61. The average molecular weight is 234 g/mol. The van der Waals surface area contributed by atoms with Crippen molar-refractivity contribution < 1.29 is 33.3 Å². The molecule has 0 aliphatic carbocycles. The predicted octanol–water partition coefficient (Wildman–Crippen LogP) is -0.871. The third-order valence-corrected chi connectivity index (χ3v) is 2.10. The lowest BCUT2D eigenvalue weighted by molar-refractivity contribution is -0.167. The number of aliphatic hydroxyl groups is 3. The van der Waals surface area contributed by atoms with Gasteiger partial charge in [-0.15, -0.1) is 0 Å². The Bertz CT molecular complexity index is 198. The summed E-state index contributed by atoms with van der Waals surface area (Å²) in [6, 6.07) is 0. The van der Waals surface area contributed by atoms with Gasteiger partial charge in [0.05, 0.1) is 0 Å². The van der Waals surface area contributed by atoms with E-state index in [0.29, 0.717) is 0 Å². The van der Waals surface area contributed by atoms with Crippen LogP contribution in [0.4, 0.5) is 13.2 Å². The van der Waals surface area contributed by atoms with Gasteiger partial charge in [-0.25, -0.2) is 0 Å². The van der Waals surface area contributed by atoms with E-state index in [0.717, 1.165) is 0 Å². The summed E-state index contributed by atoms with van der Waals surface area (Å²) < 4.78 is 35.7. The molecule has 4 nitrogen and oxygen atoms in total. The lowest BCUT2D eigenvalue weighted by Gasteiger charge is -2.25. The van der Waals surface area contributed by atoms with Crippen molar-refractivity contribution in [2.45, 2.75) is 29.7 Å². The van der Waals surface area contributed by atoms with Gasteiger partial charge in [0.2, 0.25) is 0 Å². The number of hydrogen-bond acceptors (Lipinski definition) is 5. The van der Waals surface area contributed by atoms with E-state index in [-0.39, 0.29) is 6.29 Å².